The van der Waals surface area contributed by atoms with Gasteiger partial charge in [0.1, 0.15) is 0 Å². The van der Waals surface area contributed by atoms with Gasteiger partial charge in [-0.15, -0.1) is 0 Å². The minimum Gasteiger partial charge on any atom is -0.375 e. The van der Waals surface area contributed by atoms with Crippen LogP contribution in [0.3, 0.4) is 0 Å². The van der Waals surface area contributed by atoms with Crippen LogP contribution in [-0.2, 0) is 4.74 Å². The van der Waals surface area contributed by atoms with Crippen LogP contribution in [0.2, 0.25) is 0 Å². The van der Waals surface area contributed by atoms with Gasteiger partial charge in [-0.1, -0.05) is 12.2 Å². The summed E-state index contributed by atoms with van der Waals surface area (Å²) in [5.74, 6) is 0.665. The van der Waals surface area contributed by atoms with Crippen molar-refractivity contribution in [2.75, 3.05) is 45.9 Å². The first-order valence-corrected chi connectivity index (χ1v) is 6.79. The molecule has 102 valence electrons. The van der Waals surface area contributed by atoms with E-state index in [4.69, 9.17) is 10.5 Å². The molecule has 2 heterocycles. The summed E-state index contributed by atoms with van der Waals surface area (Å²) in [7, 11) is 0. The van der Waals surface area contributed by atoms with Crippen molar-refractivity contribution in [2.45, 2.75) is 19.4 Å². The highest BCUT2D eigenvalue weighted by atomic mass is 16.5. The van der Waals surface area contributed by atoms with E-state index in [9.17, 15) is 0 Å². The predicted molar refractivity (Wildman–Crippen MR) is 73.7 cm³/mol. The van der Waals surface area contributed by atoms with Gasteiger partial charge in [-0.25, -0.2) is 0 Å². The van der Waals surface area contributed by atoms with E-state index in [0.717, 1.165) is 52.3 Å². The highest BCUT2D eigenvalue weighted by Crippen LogP contribution is 2.04. The molecule has 0 radical (unpaired) electrons. The van der Waals surface area contributed by atoms with Crippen molar-refractivity contribution in [3.05, 3.63) is 12.2 Å². The fourth-order valence-corrected chi connectivity index (χ4v) is 2.33. The normalized spacial score (nSPS) is 26.6. The van der Waals surface area contributed by atoms with E-state index in [1.54, 1.807) is 0 Å². The SMILES string of the molecule is CC1CN(C(N)=NCCN2CC=CCC2)CCO1. The standard InChI is InChI=1S/C13H24N4O/c1-12-11-17(9-10-18-12)13(14)15-5-8-16-6-3-2-4-7-16/h2-3,12H,4-11H2,1H3,(H2,14,15). The molecular weight excluding hydrogens is 228 g/mol. The van der Waals surface area contributed by atoms with Gasteiger partial charge in [0.15, 0.2) is 5.96 Å². The van der Waals surface area contributed by atoms with Gasteiger partial charge >= 0.3 is 0 Å². The molecule has 0 aromatic heterocycles. The van der Waals surface area contributed by atoms with Gasteiger partial charge in [0.05, 0.1) is 19.3 Å². The van der Waals surface area contributed by atoms with Gasteiger partial charge in [0.25, 0.3) is 0 Å². The number of ether oxygens (including phenoxy) is 1. The van der Waals surface area contributed by atoms with Crippen LogP contribution >= 0.6 is 0 Å². The average molecular weight is 252 g/mol. The lowest BCUT2D eigenvalue weighted by atomic mass is 10.2. The monoisotopic (exact) mass is 252 g/mol. The quantitative estimate of drug-likeness (QED) is 0.445. The summed E-state index contributed by atoms with van der Waals surface area (Å²) in [6, 6.07) is 0. The first-order valence-electron chi connectivity index (χ1n) is 6.79. The first-order chi connectivity index (χ1) is 8.75. The Kier molecular flexibility index (Phi) is 5.01. The molecule has 0 amide bonds. The Balaban J connectivity index is 1.72. The van der Waals surface area contributed by atoms with Crippen molar-refractivity contribution in [3.8, 4) is 0 Å². The molecule has 18 heavy (non-hydrogen) atoms. The zero-order valence-corrected chi connectivity index (χ0v) is 11.2. The molecule has 0 aromatic rings. The van der Waals surface area contributed by atoms with Gasteiger partial charge in [-0.3, -0.25) is 9.89 Å². The maximum Gasteiger partial charge on any atom is 0.191 e. The molecule has 1 saturated heterocycles. The molecule has 0 spiro atoms. The van der Waals surface area contributed by atoms with Crippen LogP contribution in [0.4, 0.5) is 0 Å². The fourth-order valence-electron chi connectivity index (χ4n) is 2.33. The number of hydrogen-bond donors (Lipinski definition) is 1. The van der Waals surface area contributed by atoms with Gasteiger partial charge in [0.2, 0.25) is 0 Å². The van der Waals surface area contributed by atoms with Crippen LogP contribution in [0, 0.1) is 0 Å². The second-order valence-electron chi connectivity index (χ2n) is 4.93. The summed E-state index contributed by atoms with van der Waals surface area (Å²) in [5.41, 5.74) is 6.01. The minimum absolute atomic E-state index is 0.250. The third kappa shape index (κ3) is 3.99. The predicted octanol–water partition coefficient (Wildman–Crippen LogP) is 0.284. The Morgan fingerprint density at radius 2 is 2.33 bits per heavy atom. The molecule has 2 aliphatic rings. The summed E-state index contributed by atoms with van der Waals surface area (Å²) in [6.07, 6.45) is 5.86. The molecule has 2 N–H and O–H groups in total. The largest absolute Gasteiger partial charge is 0.375 e. The van der Waals surface area contributed by atoms with E-state index in [0.29, 0.717) is 5.96 Å². The first kappa shape index (κ1) is 13.4. The second kappa shape index (κ2) is 6.75. The van der Waals surface area contributed by atoms with E-state index in [1.807, 2.05) is 0 Å². The van der Waals surface area contributed by atoms with E-state index in [1.165, 1.54) is 0 Å². The van der Waals surface area contributed by atoms with Crippen LogP contribution in [0.1, 0.15) is 13.3 Å². The van der Waals surface area contributed by atoms with E-state index in [-0.39, 0.29) is 6.10 Å². The molecule has 0 aliphatic carbocycles. The van der Waals surface area contributed by atoms with E-state index >= 15 is 0 Å². The fraction of sp³-hybridized carbons (Fsp3) is 0.769. The number of morpholine rings is 1. The zero-order valence-electron chi connectivity index (χ0n) is 11.2. The number of hydrogen-bond acceptors (Lipinski definition) is 3. The third-order valence-electron chi connectivity index (χ3n) is 3.40. The molecule has 2 aliphatic heterocycles. The molecule has 5 nitrogen and oxygen atoms in total. The summed E-state index contributed by atoms with van der Waals surface area (Å²) >= 11 is 0. The molecule has 0 aromatic carbocycles. The topological polar surface area (TPSA) is 54.1 Å². The Morgan fingerprint density at radius 3 is 3.06 bits per heavy atom. The molecule has 0 bridgehead atoms. The van der Waals surface area contributed by atoms with Crippen LogP contribution < -0.4 is 5.73 Å². The highest BCUT2D eigenvalue weighted by molar-refractivity contribution is 5.78. The lowest BCUT2D eigenvalue weighted by Gasteiger charge is -2.32. The lowest BCUT2D eigenvalue weighted by molar-refractivity contribution is 0.00529. The number of guanidine groups is 1. The van der Waals surface area contributed by atoms with Crippen LogP contribution in [-0.4, -0.2) is 67.7 Å². The maximum atomic E-state index is 6.01. The molecule has 1 fully saturated rings. The third-order valence-corrected chi connectivity index (χ3v) is 3.40. The Labute approximate surface area is 109 Å². The van der Waals surface area contributed by atoms with Gasteiger partial charge < -0.3 is 15.4 Å². The van der Waals surface area contributed by atoms with Crippen LogP contribution in [0.15, 0.2) is 17.1 Å². The van der Waals surface area contributed by atoms with Crippen LogP contribution in [0.5, 0.6) is 0 Å². The highest BCUT2D eigenvalue weighted by Gasteiger charge is 2.17. The number of rotatable bonds is 3. The lowest BCUT2D eigenvalue weighted by Crippen LogP contribution is -2.48. The minimum atomic E-state index is 0.250. The van der Waals surface area contributed by atoms with Gasteiger partial charge in [-0.05, 0) is 13.3 Å². The molecule has 0 saturated carbocycles. The summed E-state index contributed by atoms with van der Waals surface area (Å²) in [5, 5.41) is 0. The molecular formula is C13H24N4O. The molecule has 2 rings (SSSR count). The molecule has 5 heteroatoms. The van der Waals surface area contributed by atoms with Crippen molar-refractivity contribution < 1.29 is 4.74 Å². The molecule has 1 unspecified atom stereocenters. The van der Waals surface area contributed by atoms with E-state index in [2.05, 4.69) is 33.9 Å². The van der Waals surface area contributed by atoms with Gasteiger partial charge in [0, 0.05) is 32.7 Å². The van der Waals surface area contributed by atoms with Crippen molar-refractivity contribution in [3.63, 3.8) is 0 Å². The Morgan fingerprint density at radius 1 is 1.44 bits per heavy atom. The summed E-state index contributed by atoms with van der Waals surface area (Å²) in [6.45, 7) is 8.47. The Hall–Kier alpha value is -1.07. The number of aliphatic imine (C=N–C) groups is 1. The van der Waals surface area contributed by atoms with Crippen LogP contribution in [0.25, 0.3) is 0 Å². The number of nitrogens with two attached hydrogens (primary N) is 1. The maximum absolute atomic E-state index is 6.01. The zero-order chi connectivity index (χ0) is 12.8. The number of nitrogens with zero attached hydrogens (tertiary/aromatic N) is 3. The van der Waals surface area contributed by atoms with Crippen molar-refractivity contribution >= 4 is 5.96 Å². The van der Waals surface area contributed by atoms with Crippen molar-refractivity contribution in [2.24, 2.45) is 10.7 Å². The average Bonchev–Trinajstić information content (AvgIpc) is 2.40. The van der Waals surface area contributed by atoms with E-state index < -0.39 is 0 Å². The summed E-state index contributed by atoms with van der Waals surface area (Å²) in [4.78, 5) is 8.99. The Bertz CT molecular complexity index is 316. The smallest absolute Gasteiger partial charge is 0.191 e. The van der Waals surface area contributed by atoms with Gasteiger partial charge in [-0.2, -0.15) is 0 Å². The summed E-state index contributed by atoms with van der Waals surface area (Å²) < 4.78 is 5.49. The second-order valence-corrected chi connectivity index (χ2v) is 4.93. The van der Waals surface area contributed by atoms with Crippen molar-refractivity contribution in [1.82, 2.24) is 9.80 Å². The molecule has 1 atom stereocenters. The van der Waals surface area contributed by atoms with Crippen molar-refractivity contribution in [1.29, 1.82) is 0 Å².